The van der Waals surface area contributed by atoms with E-state index in [2.05, 4.69) is 24.0 Å². The molecule has 0 radical (unpaired) electrons. The zero-order valence-electron chi connectivity index (χ0n) is 19.4. The maximum atomic E-state index is 13.1. The molecular formula is C24H31N3O5S. The minimum absolute atomic E-state index is 0.0294. The lowest BCUT2D eigenvalue weighted by molar-refractivity contribution is -0.131. The Morgan fingerprint density at radius 2 is 1.70 bits per heavy atom. The second kappa shape index (κ2) is 9.61. The molecule has 0 N–H and O–H groups in total. The van der Waals surface area contributed by atoms with Crippen molar-refractivity contribution in [1.29, 1.82) is 0 Å². The van der Waals surface area contributed by atoms with Crippen LogP contribution in [0.2, 0.25) is 0 Å². The third-order valence-electron chi connectivity index (χ3n) is 6.55. The fourth-order valence-corrected chi connectivity index (χ4v) is 5.99. The van der Waals surface area contributed by atoms with Crippen LogP contribution in [-0.2, 0) is 21.2 Å². The van der Waals surface area contributed by atoms with Gasteiger partial charge in [0, 0.05) is 44.0 Å². The molecule has 33 heavy (non-hydrogen) atoms. The molecule has 2 aliphatic rings. The van der Waals surface area contributed by atoms with Gasteiger partial charge < -0.3 is 19.3 Å². The Kier molecular flexibility index (Phi) is 6.81. The molecule has 4 rings (SSSR count). The van der Waals surface area contributed by atoms with Crippen molar-refractivity contribution in [3.05, 3.63) is 48.0 Å². The number of sulfonamides is 1. The van der Waals surface area contributed by atoms with Crippen LogP contribution < -0.4 is 14.4 Å². The van der Waals surface area contributed by atoms with Crippen LogP contribution in [0.4, 0.5) is 5.69 Å². The van der Waals surface area contributed by atoms with Gasteiger partial charge in [-0.2, -0.15) is 4.31 Å². The molecule has 2 heterocycles. The maximum Gasteiger partial charge on any atom is 0.243 e. The molecule has 0 spiro atoms. The zero-order valence-corrected chi connectivity index (χ0v) is 20.2. The highest BCUT2D eigenvalue weighted by atomic mass is 32.2. The van der Waals surface area contributed by atoms with Crippen LogP contribution in [0.15, 0.2) is 47.4 Å². The van der Waals surface area contributed by atoms with E-state index < -0.39 is 10.0 Å². The van der Waals surface area contributed by atoms with Crippen molar-refractivity contribution in [2.24, 2.45) is 0 Å². The molecule has 8 nitrogen and oxygen atoms in total. The second-order valence-electron chi connectivity index (χ2n) is 8.45. The van der Waals surface area contributed by atoms with Gasteiger partial charge in [0.25, 0.3) is 0 Å². The lowest BCUT2D eigenvalue weighted by atomic mass is 9.96. The summed E-state index contributed by atoms with van der Waals surface area (Å²) in [5, 5.41) is 0. The standard InChI is InChI=1S/C24H31N3O5S/c1-18-8-9-19-6-4-5-7-21(19)27(18)17-24(28)25-12-14-26(15-13-25)33(29,30)20-10-11-22(31-2)23(16-20)32-3/h4-7,10-11,16,18H,8-9,12-15,17H2,1-3H3/t18-/m0/s1. The number of methoxy groups -OCH3 is 2. The highest BCUT2D eigenvalue weighted by molar-refractivity contribution is 7.89. The van der Waals surface area contributed by atoms with Gasteiger partial charge in [0.1, 0.15) is 0 Å². The third-order valence-corrected chi connectivity index (χ3v) is 8.45. The quantitative estimate of drug-likeness (QED) is 0.641. The number of anilines is 1. The average molecular weight is 474 g/mol. The number of carbonyl (C=O) groups is 1. The van der Waals surface area contributed by atoms with E-state index in [9.17, 15) is 13.2 Å². The topological polar surface area (TPSA) is 79.4 Å². The maximum absolute atomic E-state index is 13.1. The number of hydrogen-bond donors (Lipinski definition) is 0. The number of hydrogen-bond acceptors (Lipinski definition) is 6. The monoisotopic (exact) mass is 473 g/mol. The number of rotatable bonds is 6. The second-order valence-corrected chi connectivity index (χ2v) is 10.4. The Morgan fingerprint density at radius 3 is 2.39 bits per heavy atom. The van der Waals surface area contributed by atoms with E-state index in [4.69, 9.17) is 9.47 Å². The first kappa shape index (κ1) is 23.4. The van der Waals surface area contributed by atoms with Gasteiger partial charge in [0.15, 0.2) is 11.5 Å². The Bertz CT molecular complexity index is 1110. The highest BCUT2D eigenvalue weighted by Crippen LogP contribution is 2.32. The van der Waals surface area contributed by atoms with Crippen LogP contribution in [0.3, 0.4) is 0 Å². The van der Waals surface area contributed by atoms with E-state index >= 15 is 0 Å². The molecule has 0 bridgehead atoms. The largest absolute Gasteiger partial charge is 0.493 e. The first-order valence-electron chi connectivity index (χ1n) is 11.2. The lowest BCUT2D eigenvalue weighted by Crippen LogP contribution is -2.53. The van der Waals surface area contributed by atoms with Crippen LogP contribution >= 0.6 is 0 Å². The number of amides is 1. The van der Waals surface area contributed by atoms with Crippen LogP contribution in [-0.4, -0.2) is 76.5 Å². The number of para-hydroxylation sites is 1. The molecule has 2 aromatic rings. The molecule has 1 fully saturated rings. The smallest absolute Gasteiger partial charge is 0.243 e. The molecule has 9 heteroatoms. The fourth-order valence-electron chi connectivity index (χ4n) is 4.55. The molecule has 2 aliphatic heterocycles. The molecule has 0 unspecified atom stereocenters. The van der Waals surface area contributed by atoms with E-state index in [1.165, 1.54) is 36.2 Å². The van der Waals surface area contributed by atoms with Crippen molar-refractivity contribution in [2.75, 3.05) is 51.8 Å². The van der Waals surface area contributed by atoms with Gasteiger partial charge >= 0.3 is 0 Å². The minimum Gasteiger partial charge on any atom is -0.493 e. The summed E-state index contributed by atoms with van der Waals surface area (Å²) < 4.78 is 38.2. The molecule has 1 amide bonds. The summed E-state index contributed by atoms with van der Waals surface area (Å²) in [5.41, 5.74) is 2.40. The first-order valence-corrected chi connectivity index (χ1v) is 12.6. The van der Waals surface area contributed by atoms with Crippen LogP contribution in [0, 0.1) is 0 Å². The highest BCUT2D eigenvalue weighted by Gasteiger charge is 2.32. The Morgan fingerprint density at radius 1 is 1.00 bits per heavy atom. The number of ether oxygens (including phenoxy) is 2. The van der Waals surface area contributed by atoms with E-state index in [0.29, 0.717) is 31.1 Å². The SMILES string of the molecule is COc1ccc(S(=O)(=O)N2CCN(C(=O)CN3c4ccccc4CC[C@@H]3C)CC2)cc1OC. The van der Waals surface area contributed by atoms with Gasteiger partial charge in [-0.05, 0) is 43.5 Å². The summed E-state index contributed by atoms with van der Waals surface area (Å²) >= 11 is 0. The molecule has 178 valence electrons. The van der Waals surface area contributed by atoms with Crippen molar-refractivity contribution < 1.29 is 22.7 Å². The van der Waals surface area contributed by atoms with Gasteiger partial charge in [0.05, 0.1) is 25.7 Å². The minimum atomic E-state index is -3.70. The first-order chi connectivity index (χ1) is 15.8. The Balaban J connectivity index is 1.41. The summed E-state index contributed by atoms with van der Waals surface area (Å²) in [7, 11) is -0.717. The predicted molar refractivity (Wildman–Crippen MR) is 126 cm³/mol. The van der Waals surface area contributed by atoms with Crippen molar-refractivity contribution in [1.82, 2.24) is 9.21 Å². The Labute approximate surface area is 195 Å². The van der Waals surface area contributed by atoms with Crippen molar-refractivity contribution in [3.8, 4) is 11.5 Å². The molecule has 1 saturated heterocycles. The summed E-state index contributed by atoms with van der Waals surface area (Å²) in [6.45, 7) is 3.71. The van der Waals surface area contributed by atoms with Gasteiger partial charge in [0.2, 0.25) is 15.9 Å². The van der Waals surface area contributed by atoms with E-state index in [1.807, 2.05) is 12.1 Å². The molecule has 0 aliphatic carbocycles. The number of carbonyl (C=O) groups excluding carboxylic acids is 1. The number of benzene rings is 2. The van der Waals surface area contributed by atoms with E-state index in [0.717, 1.165) is 18.5 Å². The van der Waals surface area contributed by atoms with E-state index in [-0.39, 0.29) is 29.9 Å². The zero-order chi connectivity index (χ0) is 23.6. The molecule has 2 aromatic carbocycles. The van der Waals surface area contributed by atoms with Crippen molar-refractivity contribution in [3.63, 3.8) is 0 Å². The summed E-state index contributed by atoms with van der Waals surface area (Å²) in [4.78, 5) is 17.2. The molecular weight excluding hydrogens is 442 g/mol. The number of aryl methyl sites for hydroxylation is 1. The van der Waals surface area contributed by atoms with Crippen LogP contribution in [0.1, 0.15) is 18.9 Å². The average Bonchev–Trinajstić information content (AvgIpc) is 2.85. The summed E-state index contributed by atoms with van der Waals surface area (Å²) in [5.74, 6) is 0.866. The van der Waals surface area contributed by atoms with Crippen LogP contribution in [0.5, 0.6) is 11.5 Å². The molecule has 0 saturated carbocycles. The van der Waals surface area contributed by atoms with Crippen molar-refractivity contribution >= 4 is 21.6 Å². The molecule has 0 aromatic heterocycles. The fraction of sp³-hybridized carbons (Fsp3) is 0.458. The van der Waals surface area contributed by atoms with Gasteiger partial charge in [-0.15, -0.1) is 0 Å². The predicted octanol–water partition coefficient (Wildman–Crippen LogP) is 2.38. The number of nitrogens with zero attached hydrogens (tertiary/aromatic N) is 3. The van der Waals surface area contributed by atoms with Gasteiger partial charge in [-0.1, -0.05) is 18.2 Å². The van der Waals surface area contributed by atoms with Crippen LogP contribution in [0.25, 0.3) is 0 Å². The van der Waals surface area contributed by atoms with Gasteiger partial charge in [-0.3, -0.25) is 4.79 Å². The number of piperazine rings is 1. The lowest BCUT2D eigenvalue weighted by Gasteiger charge is -2.39. The van der Waals surface area contributed by atoms with Gasteiger partial charge in [-0.25, -0.2) is 8.42 Å². The van der Waals surface area contributed by atoms with Crippen molar-refractivity contribution in [2.45, 2.75) is 30.7 Å². The summed E-state index contributed by atoms with van der Waals surface area (Å²) in [6.07, 6.45) is 2.04. The Hall–Kier alpha value is -2.78. The number of fused-ring (bicyclic) bond motifs is 1. The molecule has 1 atom stereocenters. The van der Waals surface area contributed by atoms with E-state index in [1.54, 1.807) is 11.0 Å². The summed E-state index contributed by atoms with van der Waals surface area (Å²) in [6, 6.07) is 13.1. The third kappa shape index (κ3) is 4.65. The normalized spacial score (nSPS) is 19.2.